The quantitative estimate of drug-likeness (QED) is 0.0895. The molecule has 0 radical (unpaired) electrons. The summed E-state index contributed by atoms with van der Waals surface area (Å²) < 4.78 is 6.24. The molecule has 0 bridgehead atoms. The van der Waals surface area contributed by atoms with Crippen molar-refractivity contribution in [3.63, 3.8) is 0 Å². The van der Waals surface area contributed by atoms with Gasteiger partial charge in [-0.05, 0) is 62.9 Å². The number of ether oxygens (including phenoxy) is 1. The fourth-order valence-corrected chi connectivity index (χ4v) is 9.55. The van der Waals surface area contributed by atoms with Crippen LogP contribution in [0, 0.1) is 22.7 Å². The van der Waals surface area contributed by atoms with E-state index in [1.54, 1.807) is 0 Å². The molecule has 5 heteroatoms. The van der Waals surface area contributed by atoms with Gasteiger partial charge >= 0.3 is 5.97 Å². The second kappa shape index (κ2) is 16.2. The molecule has 44 heavy (non-hydrogen) atoms. The highest BCUT2D eigenvalue weighted by molar-refractivity contribution is 5.93. The van der Waals surface area contributed by atoms with Crippen molar-refractivity contribution in [2.24, 2.45) is 22.7 Å². The number of carbonyl (C=O) groups excluding carboxylic acids is 3. The van der Waals surface area contributed by atoms with E-state index in [0.29, 0.717) is 31.6 Å². The Kier molecular flexibility index (Phi) is 12.9. The lowest BCUT2D eigenvalue weighted by Crippen LogP contribution is -2.57. The molecule has 4 rings (SSSR count). The Labute approximate surface area is 268 Å². The molecule has 0 heterocycles. The summed E-state index contributed by atoms with van der Waals surface area (Å²) in [6.07, 6.45) is 29.0. The van der Waals surface area contributed by atoms with Crippen LogP contribution < -0.4 is 0 Å². The molecular weight excluding hydrogens is 548 g/mol. The Hall–Kier alpha value is -1.75. The van der Waals surface area contributed by atoms with Crippen molar-refractivity contribution >= 4 is 17.5 Å². The van der Waals surface area contributed by atoms with Crippen molar-refractivity contribution in [1.82, 2.24) is 0 Å². The van der Waals surface area contributed by atoms with Crippen LogP contribution in [0.4, 0.5) is 0 Å². The first-order valence-electron chi connectivity index (χ1n) is 18.5. The fourth-order valence-electron chi connectivity index (χ4n) is 9.55. The summed E-state index contributed by atoms with van der Waals surface area (Å²) in [6, 6.07) is 0. The van der Waals surface area contributed by atoms with E-state index in [1.165, 1.54) is 88.2 Å². The molecule has 0 aliphatic heterocycles. The van der Waals surface area contributed by atoms with Gasteiger partial charge in [-0.15, -0.1) is 0 Å². The van der Waals surface area contributed by atoms with E-state index in [1.807, 2.05) is 6.08 Å². The molecular formula is C39H62O5. The standard InChI is InChI=1S/C39H62O5/c1-4-5-6-7-8-9-10-11-12-13-14-15-16-17-18-19-36(43)44-39(35(42)29-40)27-24-34-32-21-20-30-28-31(41)22-25-37(30,2)33(32)23-26-38(34,39)3/h23,28,32,34,40H,4-22,24-27,29H2,1-3H3/t32-,34+,37+,38+,39+/m1/s1. The van der Waals surface area contributed by atoms with Crippen molar-refractivity contribution in [1.29, 1.82) is 0 Å². The maximum Gasteiger partial charge on any atom is 0.306 e. The number of allylic oxidation sites excluding steroid dienone is 4. The highest BCUT2D eigenvalue weighted by atomic mass is 16.6. The summed E-state index contributed by atoms with van der Waals surface area (Å²) in [6.45, 7) is 6.10. The van der Waals surface area contributed by atoms with Gasteiger partial charge in [0.2, 0.25) is 5.78 Å². The van der Waals surface area contributed by atoms with Gasteiger partial charge in [0, 0.05) is 23.7 Å². The molecule has 0 saturated heterocycles. The Morgan fingerprint density at radius 3 is 2.02 bits per heavy atom. The van der Waals surface area contributed by atoms with Crippen molar-refractivity contribution in [3.05, 3.63) is 23.3 Å². The van der Waals surface area contributed by atoms with E-state index in [0.717, 1.165) is 44.9 Å². The van der Waals surface area contributed by atoms with E-state index in [4.69, 9.17) is 4.74 Å². The molecule has 248 valence electrons. The van der Waals surface area contributed by atoms with Gasteiger partial charge in [0.05, 0.1) is 0 Å². The Morgan fingerprint density at radius 1 is 0.841 bits per heavy atom. The lowest BCUT2D eigenvalue weighted by molar-refractivity contribution is -0.185. The van der Waals surface area contributed by atoms with E-state index in [2.05, 4.69) is 26.8 Å². The van der Waals surface area contributed by atoms with Crippen molar-refractivity contribution in [3.8, 4) is 0 Å². The maximum atomic E-state index is 13.4. The van der Waals surface area contributed by atoms with E-state index in [9.17, 15) is 19.5 Å². The van der Waals surface area contributed by atoms with Crippen molar-refractivity contribution < 1.29 is 24.2 Å². The first kappa shape index (κ1) is 35.1. The molecule has 0 amide bonds. The number of fused-ring (bicyclic) bond motifs is 5. The second-order valence-electron chi connectivity index (χ2n) is 15.1. The molecule has 4 aliphatic carbocycles. The van der Waals surface area contributed by atoms with Gasteiger partial charge in [0.15, 0.2) is 11.4 Å². The third-order valence-electron chi connectivity index (χ3n) is 12.3. The normalized spacial score (nSPS) is 31.0. The molecule has 1 N–H and O–H groups in total. The van der Waals surface area contributed by atoms with Crippen LogP contribution in [0.5, 0.6) is 0 Å². The van der Waals surface area contributed by atoms with Crippen LogP contribution in [0.3, 0.4) is 0 Å². The zero-order chi connectivity index (χ0) is 31.6. The van der Waals surface area contributed by atoms with E-state index in [-0.39, 0.29) is 28.9 Å². The molecule has 0 unspecified atom stereocenters. The zero-order valence-corrected chi connectivity index (χ0v) is 28.4. The van der Waals surface area contributed by atoms with Gasteiger partial charge < -0.3 is 9.84 Å². The molecule has 5 nitrogen and oxygen atoms in total. The minimum absolute atomic E-state index is 0.0748. The largest absolute Gasteiger partial charge is 0.450 e. The summed E-state index contributed by atoms with van der Waals surface area (Å²) in [5.41, 5.74) is 0.856. The van der Waals surface area contributed by atoms with Crippen LogP contribution in [-0.4, -0.2) is 34.9 Å². The minimum Gasteiger partial charge on any atom is -0.450 e. The summed E-state index contributed by atoms with van der Waals surface area (Å²) in [5, 5.41) is 10.1. The number of Topliss-reactive ketones (excluding diaryl/α,β-unsaturated/α-hetero) is 1. The number of hydrogen-bond donors (Lipinski definition) is 1. The Morgan fingerprint density at radius 2 is 1.43 bits per heavy atom. The lowest BCUT2D eigenvalue weighted by atomic mass is 9.50. The van der Waals surface area contributed by atoms with E-state index < -0.39 is 17.6 Å². The smallest absolute Gasteiger partial charge is 0.306 e. The number of hydrogen-bond acceptors (Lipinski definition) is 5. The third-order valence-corrected chi connectivity index (χ3v) is 12.3. The average Bonchev–Trinajstić information content (AvgIpc) is 3.31. The number of aliphatic hydroxyl groups is 1. The number of ketones is 2. The predicted molar refractivity (Wildman–Crippen MR) is 177 cm³/mol. The first-order chi connectivity index (χ1) is 21.2. The van der Waals surface area contributed by atoms with Crippen molar-refractivity contribution in [2.75, 3.05) is 6.61 Å². The SMILES string of the molecule is CCCCCCCCCCCCCCCCCC(=O)O[C@]1(C(=O)CO)CC[C@H]2[C@@H]3CCC4=CC(=O)CC[C@]4(C)C3=CC[C@@]21C. The Balaban J connectivity index is 1.22. The van der Waals surface area contributed by atoms with Crippen LogP contribution in [0.25, 0.3) is 0 Å². The van der Waals surface area contributed by atoms with Crippen LogP contribution in [0.15, 0.2) is 23.3 Å². The average molecular weight is 611 g/mol. The molecule has 0 aromatic carbocycles. The lowest BCUT2D eigenvalue weighted by Gasteiger charge is -2.55. The minimum atomic E-state index is -1.25. The summed E-state index contributed by atoms with van der Waals surface area (Å²) in [5.74, 6) is 0.172. The van der Waals surface area contributed by atoms with Gasteiger partial charge in [-0.25, -0.2) is 0 Å². The molecule has 0 aromatic heterocycles. The number of carbonyl (C=O) groups is 3. The van der Waals surface area contributed by atoms with Gasteiger partial charge in [0.25, 0.3) is 0 Å². The zero-order valence-electron chi connectivity index (χ0n) is 28.4. The van der Waals surface area contributed by atoms with Gasteiger partial charge in [-0.1, -0.05) is 128 Å². The third kappa shape index (κ3) is 7.61. The molecule has 0 aromatic rings. The number of rotatable bonds is 19. The topological polar surface area (TPSA) is 80.7 Å². The number of aliphatic hydroxyl groups excluding tert-OH is 1. The first-order valence-corrected chi connectivity index (χ1v) is 18.5. The van der Waals surface area contributed by atoms with Gasteiger partial charge in [-0.3, -0.25) is 14.4 Å². The molecule has 0 spiro atoms. The fraction of sp³-hybridized carbons (Fsp3) is 0.821. The predicted octanol–water partition coefficient (Wildman–Crippen LogP) is 9.54. The molecule has 2 fully saturated rings. The molecule has 2 saturated carbocycles. The monoisotopic (exact) mass is 610 g/mol. The maximum absolute atomic E-state index is 13.4. The van der Waals surface area contributed by atoms with Crippen molar-refractivity contribution in [2.45, 2.75) is 174 Å². The highest BCUT2D eigenvalue weighted by Crippen LogP contribution is 2.66. The van der Waals surface area contributed by atoms with Crippen LogP contribution in [0.2, 0.25) is 0 Å². The number of unbranched alkanes of at least 4 members (excludes halogenated alkanes) is 14. The second-order valence-corrected chi connectivity index (χ2v) is 15.1. The highest BCUT2D eigenvalue weighted by Gasteiger charge is 2.67. The summed E-state index contributed by atoms with van der Waals surface area (Å²) in [7, 11) is 0. The summed E-state index contributed by atoms with van der Waals surface area (Å²) >= 11 is 0. The Bertz CT molecular complexity index is 1060. The van der Waals surface area contributed by atoms with Crippen LogP contribution in [-0.2, 0) is 19.1 Å². The van der Waals surface area contributed by atoms with Gasteiger partial charge in [0.1, 0.15) is 6.61 Å². The van der Waals surface area contributed by atoms with Crippen LogP contribution in [0.1, 0.15) is 168 Å². The van der Waals surface area contributed by atoms with Crippen LogP contribution >= 0.6 is 0 Å². The number of esters is 1. The molecule has 5 atom stereocenters. The van der Waals surface area contributed by atoms with Gasteiger partial charge in [-0.2, -0.15) is 0 Å². The summed E-state index contributed by atoms with van der Waals surface area (Å²) in [4.78, 5) is 38.8. The van der Waals surface area contributed by atoms with E-state index >= 15 is 0 Å². The molecule has 4 aliphatic rings.